The van der Waals surface area contributed by atoms with Crippen LogP contribution in [0.2, 0.25) is 0 Å². The van der Waals surface area contributed by atoms with Gasteiger partial charge >= 0.3 is 0 Å². The van der Waals surface area contributed by atoms with Gasteiger partial charge in [0.1, 0.15) is 0 Å². The summed E-state index contributed by atoms with van der Waals surface area (Å²) in [5.74, 6) is 2.49. The molecule has 2 unspecified atom stereocenters. The van der Waals surface area contributed by atoms with E-state index in [-0.39, 0.29) is 0 Å². The molecule has 2 aromatic carbocycles. The topological polar surface area (TPSA) is 0 Å². The van der Waals surface area contributed by atoms with Crippen LogP contribution in [0.1, 0.15) is 81.0 Å². The van der Waals surface area contributed by atoms with Gasteiger partial charge in [0.15, 0.2) is 0 Å². The standard InChI is InChI=1S/C27H32/c1-18(2)13-20-15-22(26-11-7-5-9-24(20)26)17-23-16-21(14-19(3)4)25-10-6-8-12-27(23)25/h5-12,15-16,18-19,22-23H,13-14,17H2,1-4H3. The highest BCUT2D eigenvalue weighted by molar-refractivity contribution is 5.77. The maximum atomic E-state index is 2.57. The van der Waals surface area contributed by atoms with Crippen molar-refractivity contribution in [2.75, 3.05) is 0 Å². The molecule has 2 aromatic rings. The predicted molar refractivity (Wildman–Crippen MR) is 118 cm³/mol. The van der Waals surface area contributed by atoms with Gasteiger partial charge in [0, 0.05) is 11.8 Å². The van der Waals surface area contributed by atoms with Crippen LogP contribution in [-0.2, 0) is 0 Å². The summed E-state index contributed by atoms with van der Waals surface area (Å²) in [5, 5.41) is 0. The molecule has 4 rings (SSSR count). The Morgan fingerprint density at radius 2 is 1.04 bits per heavy atom. The normalized spacial score (nSPS) is 20.7. The van der Waals surface area contributed by atoms with Crippen LogP contribution in [0.3, 0.4) is 0 Å². The minimum Gasteiger partial charge on any atom is -0.0731 e. The van der Waals surface area contributed by atoms with E-state index in [1.807, 2.05) is 0 Å². The van der Waals surface area contributed by atoms with Crippen molar-refractivity contribution in [3.05, 3.63) is 82.9 Å². The highest BCUT2D eigenvalue weighted by atomic mass is 14.3. The molecule has 0 aliphatic heterocycles. The number of hydrogen-bond acceptors (Lipinski definition) is 0. The average Bonchev–Trinajstić information content (AvgIpc) is 3.14. The molecule has 0 fully saturated rings. The van der Waals surface area contributed by atoms with E-state index < -0.39 is 0 Å². The Labute approximate surface area is 165 Å². The molecule has 0 heterocycles. The van der Waals surface area contributed by atoms with Crippen molar-refractivity contribution in [3.63, 3.8) is 0 Å². The first kappa shape index (κ1) is 18.3. The number of fused-ring (bicyclic) bond motifs is 2. The first-order valence-corrected chi connectivity index (χ1v) is 10.6. The molecule has 2 aliphatic carbocycles. The molecule has 0 aromatic heterocycles. The fourth-order valence-electron chi connectivity index (χ4n) is 4.97. The molecule has 0 radical (unpaired) electrons. The van der Waals surface area contributed by atoms with E-state index in [4.69, 9.17) is 0 Å². The first-order chi connectivity index (χ1) is 13.0. The van der Waals surface area contributed by atoms with E-state index in [1.54, 1.807) is 11.1 Å². The van der Waals surface area contributed by atoms with Gasteiger partial charge in [0.05, 0.1) is 0 Å². The van der Waals surface area contributed by atoms with Gasteiger partial charge in [-0.05, 0) is 64.5 Å². The Bertz CT molecular complexity index is 805. The highest BCUT2D eigenvalue weighted by Gasteiger charge is 2.29. The Kier molecular flexibility index (Phi) is 5.08. The lowest BCUT2D eigenvalue weighted by Gasteiger charge is -2.16. The third-order valence-electron chi connectivity index (χ3n) is 5.98. The van der Waals surface area contributed by atoms with Crippen molar-refractivity contribution in [2.24, 2.45) is 11.8 Å². The summed E-state index contributed by atoms with van der Waals surface area (Å²) >= 11 is 0. The lowest BCUT2D eigenvalue weighted by Crippen LogP contribution is -2.00. The number of hydrogen-bond donors (Lipinski definition) is 0. The van der Waals surface area contributed by atoms with Crippen molar-refractivity contribution in [3.8, 4) is 0 Å². The van der Waals surface area contributed by atoms with Crippen LogP contribution in [0.15, 0.2) is 60.7 Å². The molecule has 2 atom stereocenters. The molecule has 0 heteroatoms. The molecular weight excluding hydrogens is 324 g/mol. The second-order valence-electron chi connectivity index (χ2n) is 9.20. The number of benzene rings is 2. The van der Waals surface area contributed by atoms with Gasteiger partial charge in [0.25, 0.3) is 0 Å². The number of rotatable bonds is 6. The third-order valence-corrected chi connectivity index (χ3v) is 5.98. The summed E-state index contributed by atoms with van der Waals surface area (Å²) in [4.78, 5) is 0. The first-order valence-electron chi connectivity index (χ1n) is 10.6. The smallest absolute Gasteiger partial charge is 0.00388 e. The summed E-state index contributed by atoms with van der Waals surface area (Å²) in [6, 6.07) is 18.2. The summed E-state index contributed by atoms with van der Waals surface area (Å²) in [7, 11) is 0. The Balaban J connectivity index is 1.64. The molecule has 0 bridgehead atoms. The van der Waals surface area contributed by atoms with E-state index in [0.29, 0.717) is 23.7 Å². The van der Waals surface area contributed by atoms with E-state index in [2.05, 4.69) is 88.4 Å². The monoisotopic (exact) mass is 356 g/mol. The molecule has 0 nitrogen and oxygen atoms in total. The number of allylic oxidation sites excluding steroid dienone is 4. The maximum Gasteiger partial charge on any atom is 0.00388 e. The van der Waals surface area contributed by atoms with Gasteiger partial charge in [-0.25, -0.2) is 0 Å². The Hall–Kier alpha value is -2.08. The van der Waals surface area contributed by atoms with Gasteiger partial charge in [-0.15, -0.1) is 0 Å². The zero-order valence-corrected chi connectivity index (χ0v) is 17.2. The Morgan fingerprint density at radius 1 is 0.630 bits per heavy atom. The summed E-state index contributed by atoms with van der Waals surface area (Å²) < 4.78 is 0. The lowest BCUT2D eigenvalue weighted by molar-refractivity contribution is 0.667. The van der Waals surface area contributed by atoms with Crippen LogP contribution in [0.25, 0.3) is 11.1 Å². The van der Waals surface area contributed by atoms with Gasteiger partial charge < -0.3 is 0 Å². The third kappa shape index (κ3) is 3.68. The van der Waals surface area contributed by atoms with E-state index >= 15 is 0 Å². The van der Waals surface area contributed by atoms with E-state index in [1.165, 1.54) is 41.5 Å². The van der Waals surface area contributed by atoms with Crippen LogP contribution in [-0.4, -0.2) is 0 Å². The summed E-state index contributed by atoms with van der Waals surface area (Å²) in [6.45, 7) is 9.30. The zero-order chi connectivity index (χ0) is 19.0. The van der Waals surface area contributed by atoms with Crippen molar-refractivity contribution in [1.82, 2.24) is 0 Å². The molecular formula is C27H32. The van der Waals surface area contributed by atoms with Gasteiger partial charge in [-0.3, -0.25) is 0 Å². The molecule has 0 spiro atoms. The van der Waals surface area contributed by atoms with Crippen molar-refractivity contribution < 1.29 is 0 Å². The highest BCUT2D eigenvalue weighted by Crippen LogP contribution is 2.47. The SMILES string of the molecule is CC(C)CC1=CC(CC2C=C(CC(C)C)c3ccccc32)c2ccccc21. The van der Waals surface area contributed by atoms with Gasteiger partial charge in [0.2, 0.25) is 0 Å². The van der Waals surface area contributed by atoms with Gasteiger partial charge in [-0.2, -0.15) is 0 Å². The molecule has 27 heavy (non-hydrogen) atoms. The van der Waals surface area contributed by atoms with E-state index in [9.17, 15) is 0 Å². The largest absolute Gasteiger partial charge is 0.0731 e. The van der Waals surface area contributed by atoms with Crippen molar-refractivity contribution in [1.29, 1.82) is 0 Å². The lowest BCUT2D eigenvalue weighted by atomic mass is 9.87. The molecule has 0 N–H and O–H groups in total. The van der Waals surface area contributed by atoms with Gasteiger partial charge in [-0.1, -0.05) is 88.4 Å². The quantitative estimate of drug-likeness (QED) is 0.494. The fraction of sp³-hybridized carbons (Fsp3) is 0.407. The second-order valence-corrected chi connectivity index (χ2v) is 9.20. The van der Waals surface area contributed by atoms with Crippen LogP contribution < -0.4 is 0 Å². The molecule has 140 valence electrons. The van der Waals surface area contributed by atoms with Crippen LogP contribution in [0, 0.1) is 11.8 Å². The predicted octanol–water partition coefficient (Wildman–Crippen LogP) is 7.83. The molecule has 0 saturated carbocycles. The van der Waals surface area contributed by atoms with Crippen molar-refractivity contribution >= 4 is 11.1 Å². The van der Waals surface area contributed by atoms with Crippen LogP contribution >= 0.6 is 0 Å². The molecule has 2 aliphatic rings. The summed E-state index contributed by atoms with van der Waals surface area (Å²) in [6.07, 6.45) is 8.70. The van der Waals surface area contributed by atoms with Crippen molar-refractivity contribution in [2.45, 2.75) is 58.8 Å². The van der Waals surface area contributed by atoms with Crippen LogP contribution in [0.5, 0.6) is 0 Å². The minimum atomic E-state index is 0.544. The minimum absolute atomic E-state index is 0.544. The summed E-state index contributed by atoms with van der Waals surface area (Å²) in [5.41, 5.74) is 9.18. The fourth-order valence-corrected chi connectivity index (χ4v) is 4.97. The Morgan fingerprint density at radius 3 is 1.44 bits per heavy atom. The molecule has 0 saturated heterocycles. The van der Waals surface area contributed by atoms with E-state index in [0.717, 1.165) is 0 Å². The molecule has 0 amide bonds. The second kappa shape index (κ2) is 7.50. The zero-order valence-electron chi connectivity index (χ0n) is 17.2. The maximum absolute atomic E-state index is 2.57. The average molecular weight is 357 g/mol. The van der Waals surface area contributed by atoms with Crippen LogP contribution in [0.4, 0.5) is 0 Å².